The van der Waals surface area contributed by atoms with Crippen molar-refractivity contribution in [1.82, 2.24) is 4.90 Å². The van der Waals surface area contributed by atoms with Crippen molar-refractivity contribution in [3.05, 3.63) is 71.8 Å². The molecule has 4 heteroatoms. The molecule has 0 radical (unpaired) electrons. The van der Waals surface area contributed by atoms with Crippen LogP contribution in [0.3, 0.4) is 0 Å². The van der Waals surface area contributed by atoms with Crippen molar-refractivity contribution in [2.75, 3.05) is 6.54 Å². The average Bonchev–Trinajstić information content (AvgIpc) is 3.09. The van der Waals surface area contributed by atoms with Crippen molar-refractivity contribution < 1.29 is 14.3 Å². The van der Waals surface area contributed by atoms with Crippen LogP contribution >= 0.6 is 0 Å². The van der Waals surface area contributed by atoms with Gasteiger partial charge in [0.2, 0.25) is 0 Å². The Bertz CT molecular complexity index is 685. The van der Waals surface area contributed by atoms with Crippen molar-refractivity contribution in [2.24, 2.45) is 0 Å². The molecule has 2 aromatic rings. The Kier molecular flexibility index (Phi) is 5.26. The van der Waals surface area contributed by atoms with Gasteiger partial charge in [0.1, 0.15) is 6.61 Å². The number of hydrogen-bond donors (Lipinski definition) is 0. The van der Waals surface area contributed by atoms with Crippen LogP contribution in [0.1, 0.15) is 35.2 Å². The van der Waals surface area contributed by atoms with Gasteiger partial charge >= 0.3 is 6.09 Å². The number of ether oxygens (including phenoxy) is 1. The lowest BCUT2D eigenvalue weighted by Gasteiger charge is -2.23. The second-order valence-corrected chi connectivity index (χ2v) is 6.02. The van der Waals surface area contributed by atoms with E-state index in [1.165, 1.54) is 0 Å². The molecule has 1 heterocycles. The first kappa shape index (κ1) is 16.2. The molecule has 24 heavy (non-hydrogen) atoms. The molecule has 0 spiro atoms. The predicted molar refractivity (Wildman–Crippen MR) is 91.7 cm³/mol. The summed E-state index contributed by atoms with van der Waals surface area (Å²) >= 11 is 0. The summed E-state index contributed by atoms with van der Waals surface area (Å²) < 4.78 is 5.41. The van der Waals surface area contributed by atoms with Crippen molar-refractivity contribution >= 4 is 11.9 Å². The molecule has 1 saturated heterocycles. The van der Waals surface area contributed by atoms with Gasteiger partial charge in [-0.2, -0.15) is 0 Å². The fourth-order valence-electron chi connectivity index (χ4n) is 3.05. The smallest absolute Gasteiger partial charge is 0.410 e. The minimum Gasteiger partial charge on any atom is -0.445 e. The van der Waals surface area contributed by atoms with Gasteiger partial charge in [-0.05, 0) is 18.4 Å². The maximum atomic E-state index is 12.4. The predicted octanol–water partition coefficient (Wildman–Crippen LogP) is 4.06. The molecule has 0 bridgehead atoms. The Morgan fingerprint density at radius 3 is 2.38 bits per heavy atom. The number of carbonyl (C=O) groups is 2. The van der Waals surface area contributed by atoms with Gasteiger partial charge in [0.15, 0.2) is 5.78 Å². The van der Waals surface area contributed by atoms with Crippen molar-refractivity contribution in [1.29, 1.82) is 0 Å². The molecule has 1 amide bonds. The van der Waals surface area contributed by atoms with Crippen LogP contribution in [0, 0.1) is 0 Å². The summed E-state index contributed by atoms with van der Waals surface area (Å²) in [7, 11) is 0. The molecule has 0 aliphatic carbocycles. The van der Waals surface area contributed by atoms with Gasteiger partial charge in [0.05, 0.1) is 0 Å². The zero-order chi connectivity index (χ0) is 16.8. The number of ketones is 1. The quantitative estimate of drug-likeness (QED) is 0.780. The third-order valence-corrected chi connectivity index (χ3v) is 4.33. The molecule has 124 valence electrons. The second kappa shape index (κ2) is 7.77. The lowest BCUT2D eigenvalue weighted by molar-refractivity contribution is 0.0833. The summed E-state index contributed by atoms with van der Waals surface area (Å²) in [5, 5.41) is 0. The summed E-state index contributed by atoms with van der Waals surface area (Å²) in [6, 6.07) is 18.8. The maximum absolute atomic E-state index is 12.4. The normalized spacial score (nSPS) is 16.8. The number of Topliss-reactive ketones (excluding diaryl/α,β-unsaturated/α-hetero) is 1. The van der Waals surface area contributed by atoms with E-state index in [0.717, 1.165) is 18.4 Å². The van der Waals surface area contributed by atoms with E-state index in [4.69, 9.17) is 4.74 Å². The van der Waals surface area contributed by atoms with E-state index in [1.54, 1.807) is 4.90 Å². The van der Waals surface area contributed by atoms with E-state index in [0.29, 0.717) is 18.5 Å². The molecular formula is C20H21NO3. The van der Waals surface area contributed by atoms with Crippen molar-refractivity contribution in [2.45, 2.75) is 31.9 Å². The highest BCUT2D eigenvalue weighted by Gasteiger charge is 2.31. The van der Waals surface area contributed by atoms with E-state index in [9.17, 15) is 9.59 Å². The molecule has 0 N–H and O–H groups in total. The number of rotatable bonds is 5. The molecular weight excluding hydrogens is 302 g/mol. The van der Waals surface area contributed by atoms with Gasteiger partial charge in [-0.25, -0.2) is 4.79 Å². The van der Waals surface area contributed by atoms with Gasteiger partial charge in [0.25, 0.3) is 0 Å². The zero-order valence-electron chi connectivity index (χ0n) is 13.6. The number of hydrogen-bond acceptors (Lipinski definition) is 3. The van der Waals surface area contributed by atoms with Crippen LogP contribution in [0.4, 0.5) is 4.79 Å². The van der Waals surface area contributed by atoms with E-state index < -0.39 is 0 Å². The van der Waals surface area contributed by atoms with E-state index in [1.807, 2.05) is 60.7 Å². The fourth-order valence-corrected chi connectivity index (χ4v) is 3.05. The molecule has 1 fully saturated rings. The Labute approximate surface area is 142 Å². The Morgan fingerprint density at radius 2 is 1.67 bits per heavy atom. The molecule has 1 aliphatic heterocycles. The van der Waals surface area contributed by atoms with Gasteiger partial charge in [-0.1, -0.05) is 60.7 Å². The van der Waals surface area contributed by atoms with Crippen LogP contribution in [-0.4, -0.2) is 29.4 Å². The number of carbonyl (C=O) groups excluding carboxylic acids is 2. The van der Waals surface area contributed by atoms with Gasteiger partial charge in [0, 0.05) is 24.6 Å². The van der Waals surface area contributed by atoms with E-state index in [2.05, 4.69) is 0 Å². The third-order valence-electron chi connectivity index (χ3n) is 4.33. The van der Waals surface area contributed by atoms with Crippen LogP contribution < -0.4 is 0 Å². The van der Waals surface area contributed by atoms with Gasteiger partial charge in [-0.15, -0.1) is 0 Å². The highest BCUT2D eigenvalue weighted by Crippen LogP contribution is 2.23. The molecule has 0 unspecified atom stereocenters. The third kappa shape index (κ3) is 4.02. The molecule has 3 rings (SSSR count). The van der Waals surface area contributed by atoms with Crippen LogP contribution in [0.2, 0.25) is 0 Å². The van der Waals surface area contributed by atoms with Crippen LogP contribution in [-0.2, 0) is 11.3 Å². The standard InChI is InChI=1S/C20H21NO3/c22-19(17-10-5-2-6-11-17)14-18-12-7-13-21(18)20(23)24-15-16-8-3-1-4-9-16/h1-6,8-11,18H,7,12-15H2/t18-/m0/s1. The van der Waals surface area contributed by atoms with Crippen LogP contribution in [0.5, 0.6) is 0 Å². The monoisotopic (exact) mass is 323 g/mol. The molecule has 1 aliphatic rings. The highest BCUT2D eigenvalue weighted by atomic mass is 16.6. The molecule has 0 saturated carbocycles. The topological polar surface area (TPSA) is 46.6 Å². The Morgan fingerprint density at radius 1 is 1.00 bits per heavy atom. The first-order valence-corrected chi connectivity index (χ1v) is 8.29. The second-order valence-electron chi connectivity index (χ2n) is 6.02. The highest BCUT2D eigenvalue weighted by molar-refractivity contribution is 5.96. The molecule has 1 atom stereocenters. The summed E-state index contributed by atoms with van der Waals surface area (Å²) in [6.07, 6.45) is 1.78. The molecule has 2 aromatic carbocycles. The maximum Gasteiger partial charge on any atom is 0.410 e. The largest absolute Gasteiger partial charge is 0.445 e. The summed E-state index contributed by atoms with van der Waals surface area (Å²) in [4.78, 5) is 26.4. The summed E-state index contributed by atoms with van der Waals surface area (Å²) in [6.45, 7) is 0.913. The Hall–Kier alpha value is -2.62. The number of amides is 1. The average molecular weight is 323 g/mol. The Balaban J connectivity index is 1.56. The minimum atomic E-state index is -0.331. The van der Waals surface area contributed by atoms with Gasteiger partial charge in [-0.3, -0.25) is 4.79 Å². The summed E-state index contributed by atoms with van der Waals surface area (Å²) in [5.74, 6) is 0.0726. The minimum absolute atomic E-state index is 0.0685. The van der Waals surface area contributed by atoms with Crippen LogP contribution in [0.15, 0.2) is 60.7 Å². The molecule has 4 nitrogen and oxygen atoms in total. The van der Waals surface area contributed by atoms with E-state index in [-0.39, 0.29) is 24.5 Å². The zero-order valence-corrected chi connectivity index (χ0v) is 13.6. The lowest BCUT2D eigenvalue weighted by Crippen LogP contribution is -2.37. The van der Waals surface area contributed by atoms with Crippen molar-refractivity contribution in [3.63, 3.8) is 0 Å². The first-order chi connectivity index (χ1) is 11.7. The van der Waals surface area contributed by atoms with Crippen LogP contribution in [0.25, 0.3) is 0 Å². The van der Waals surface area contributed by atoms with E-state index >= 15 is 0 Å². The fraction of sp³-hybridized carbons (Fsp3) is 0.300. The summed E-state index contributed by atoms with van der Waals surface area (Å²) in [5.41, 5.74) is 1.66. The van der Waals surface area contributed by atoms with Gasteiger partial charge < -0.3 is 9.64 Å². The number of nitrogens with zero attached hydrogens (tertiary/aromatic N) is 1. The first-order valence-electron chi connectivity index (χ1n) is 8.29. The lowest BCUT2D eigenvalue weighted by atomic mass is 10.0. The SMILES string of the molecule is O=C(C[C@@H]1CCCN1C(=O)OCc1ccccc1)c1ccccc1. The number of likely N-dealkylation sites (tertiary alicyclic amines) is 1. The molecule has 0 aromatic heterocycles. The number of benzene rings is 2. The van der Waals surface area contributed by atoms with Crippen molar-refractivity contribution in [3.8, 4) is 0 Å².